The minimum Gasteiger partial charge on any atom is -0.439 e. The summed E-state index contributed by atoms with van der Waals surface area (Å²) in [6.07, 6.45) is 1.54. The van der Waals surface area contributed by atoms with E-state index >= 15 is 0 Å². The highest BCUT2D eigenvalue weighted by molar-refractivity contribution is 5.94. The normalized spacial score (nSPS) is 10.3. The van der Waals surface area contributed by atoms with Crippen LogP contribution >= 0.6 is 0 Å². The van der Waals surface area contributed by atoms with E-state index in [-0.39, 0.29) is 18.3 Å². The predicted octanol–water partition coefficient (Wildman–Crippen LogP) is 4.08. The molecule has 0 unspecified atom stereocenters. The fourth-order valence-corrected chi connectivity index (χ4v) is 2.17. The van der Waals surface area contributed by atoms with Crippen LogP contribution in [0.1, 0.15) is 15.9 Å². The molecule has 0 atom stereocenters. The molecule has 0 spiro atoms. The van der Waals surface area contributed by atoms with Crippen LogP contribution in [0, 0.1) is 11.6 Å². The Balaban J connectivity index is 1.70. The summed E-state index contributed by atoms with van der Waals surface area (Å²) in [4.78, 5) is 16.2. The molecule has 0 bridgehead atoms. The van der Waals surface area contributed by atoms with Gasteiger partial charge in [-0.05, 0) is 42.5 Å². The minimum atomic E-state index is -0.417. The Bertz CT molecular complexity index is 883. The summed E-state index contributed by atoms with van der Waals surface area (Å²) in [5.74, 6) is -0.591. The third kappa shape index (κ3) is 4.38. The Morgan fingerprint density at radius 3 is 2.56 bits per heavy atom. The topological polar surface area (TPSA) is 51.2 Å². The molecule has 1 heterocycles. The summed E-state index contributed by atoms with van der Waals surface area (Å²) in [5.41, 5.74) is 0.972. The van der Waals surface area contributed by atoms with E-state index in [1.807, 2.05) is 0 Å². The molecule has 0 saturated carbocycles. The van der Waals surface area contributed by atoms with E-state index in [2.05, 4.69) is 10.3 Å². The van der Waals surface area contributed by atoms with Gasteiger partial charge in [-0.25, -0.2) is 13.8 Å². The zero-order valence-corrected chi connectivity index (χ0v) is 13.1. The molecule has 6 heteroatoms. The second-order valence-corrected chi connectivity index (χ2v) is 5.22. The maximum Gasteiger partial charge on any atom is 0.251 e. The predicted molar refractivity (Wildman–Crippen MR) is 88.3 cm³/mol. The summed E-state index contributed by atoms with van der Waals surface area (Å²) >= 11 is 0. The number of carbonyl (C=O) groups excluding carboxylic acids is 1. The van der Waals surface area contributed by atoms with Crippen molar-refractivity contribution in [3.8, 4) is 11.6 Å². The number of ether oxygens (including phenoxy) is 1. The van der Waals surface area contributed by atoms with Crippen LogP contribution in [0.5, 0.6) is 11.6 Å². The van der Waals surface area contributed by atoms with Crippen LogP contribution in [0.3, 0.4) is 0 Å². The van der Waals surface area contributed by atoms with Crippen LogP contribution in [0.25, 0.3) is 0 Å². The highest BCUT2D eigenvalue weighted by Gasteiger charge is 2.10. The minimum absolute atomic E-state index is 0.161. The number of aromatic nitrogens is 1. The monoisotopic (exact) mass is 340 g/mol. The summed E-state index contributed by atoms with van der Waals surface area (Å²) in [6, 6.07) is 14.4. The van der Waals surface area contributed by atoms with Gasteiger partial charge in [0.15, 0.2) is 0 Å². The quantitative estimate of drug-likeness (QED) is 0.761. The van der Waals surface area contributed by atoms with Crippen LogP contribution in [0.2, 0.25) is 0 Å². The van der Waals surface area contributed by atoms with Gasteiger partial charge in [-0.15, -0.1) is 0 Å². The van der Waals surface area contributed by atoms with E-state index in [4.69, 9.17) is 4.74 Å². The molecule has 0 aliphatic heterocycles. The largest absolute Gasteiger partial charge is 0.439 e. The van der Waals surface area contributed by atoms with Crippen molar-refractivity contribution in [2.24, 2.45) is 0 Å². The molecule has 2 aromatic carbocycles. The number of halogens is 2. The second-order valence-electron chi connectivity index (χ2n) is 5.22. The van der Waals surface area contributed by atoms with Gasteiger partial charge in [0.05, 0.1) is 0 Å². The van der Waals surface area contributed by atoms with Crippen LogP contribution in [0.4, 0.5) is 8.78 Å². The highest BCUT2D eigenvalue weighted by atomic mass is 19.1. The van der Waals surface area contributed by atoms with Crippen LogP contribution in [-0.4, -0.2) is 10.9 Å². The van der Waals surface area contributed by atoms with Gasteiger partial charge in [0, 0.05) is 29.9 Å². The molecular formula is C19H14F2N2O2. The molecule has 0 radical (unpaired) electrons. The summed E-state index contributed by atoms with van der Waals surface area (Å²) in [6.45, 7) is 0.161. The van der Waals surface area contributed by atoms with E-state index in [1.165, 1.54) is 42.5 Å². The molecule has 4 nitrogen and oxygen atoms in total. The number of hydrogen-bond donors (Lipinski definition) is 1. The molecule has 3 aromatic rings. The van der Waals surface area contributed by atoms with Gasteiger partial charge in [0.1, 0.15) is 17.4 Å². The molecule has 25 heavy (non-hydrogen) atoms. The summed E-state index contributed by atoms with van der Waals surface area (Å²) in [5, 5.41) is 2.72. The number of amides is 1. The molecule has 0 aliphatic carbocycles. The lowest BCUT2D eigenvalue weighted by atomic mass is 10.2. The number of benzene rings is 2. The number of rotatable bonds is 5. The number of hydrogen-bond acceptors (Lipinski definition) is 3. The molecule has 0 aliphatic rings. The third-order valence-electron chi connectivity index (χ3n) is 3.41. The standard InChI is InChI=1S/C19H14F2N2O2/c20-15-8-6-13(7-9-15)18(24)23-12-14-3-2-10-22-19(14)25-17-5-1-4-16(21)11-17/h1-11H,12H2,(H,23,24). The number of nitrogens with zero attached hydrogens (tertiary/aromatic N) is 1. The zero-order chi connectivity index (χ0) is 17.6. The van der Waals surface area contributed by atoms with Crippen molar-refractivity contribution in [1.29, 1.82) is 0 Å². The van der Waals surface area contributed by atoms with E-state index in [0.29, 0.717) is 16.9 Å². The van der Waals surface area contributed by atoms with Crippen LogP contribution in [0.15, 0.2) is 66.9 Å². The first-order valence-electron chi connectivity index (χ1n) is 7.53. The lowest BCUT2D eigenvalue weighted by Crippen LogP contribution is -2.23. The molecule has 1 amide bonds. The van der Waals surface area contributed by atoms with Crippen molar-refractivity contribution >= 4 is 5.91 Å². The van der Waals surface area contributed by atoms with Crippen molar-refractivity contribution in [3.05, 3.63) is 89.6 Å². The molecule has 1 aromatic heterocycles. The third-order valence-corrected chi connectivity index (χ3v) is 3.41. The van der Waals surface area contributed by atoms with Gasteiger partial charge in [-0.1, -0.05) is 12.1 Å². The highest BCUT2D eigenvalue weighted by Crippen LogP contribution is 2.23. The first kappa shape index (κ1) is 16.6. The van der Waals surface area contributed by atoms with Gasteiger partial charge in [-0.2, -0.15) is 0 Å². The maximum atomic E-state index is 13.3. The van der Waals surface area contributed by atoms with Gasteiger partial charge < -0.3 is 10.1 Å². The Labute approximate surface area is 143 Å². The smallest absolute Gasteiger partial charge is 0.251 e. The molecule has 1 N–H and O–H groups in total. The second kappa shape index (κ2) is 7.53. The SMILES string of the molecule is O=C(NCc1cccnc1Oc1cccc(F)c1)c1ccc(F)cc1. The molecular weight excluding hydrogens is 326 g/mol. The van der Waals surface area contributed by atoms with Gasteiger partial charge >= 0.3 is 0 Å². The number of carbonyl (C=O) groups is 1. The summed E-state index contributed by atoms with van der Waals surface area (Å²) < 4.78 is 31.8. The van der Waals surface area contributed by atoms with E-state index < -0.39 is 11.6 Å². The fraction of sp³-hybridized carbons (Fsp3) is 0.0526. The number of pyridine rings is 1. The lowest BCUT2D eigenvalue weighted by Gasteiger charge is -2.11. The molecule has 0 saturated heterocycles. The summed E-state index contributed by atoms with van der Waals surface area (Å²) in [7, 11) is 0. The lowest BCUT2D eigenvalue weighted by molar-refractivity contribution is 0.0950. The van der Waals surface area contributed by atoms with Gasteiger partial charge in [-0.3, -0.25) is 4.79 Å². The van der Waals surface area contributed by atoms with Crippen molar-refractivity contribution < 1.29 is 18.3 Å². The van der Waals surface area contributed by atoms with Crippen molar-refractivity contribution in [1.82, 2.24) is 10.3 Å². The Hall–Kier alpha value is -3.28. The van der Waals surface area contributed by atoms with Gasteiger partial charge in [0.2, 0.25) is 5.88 Å². The van der Waals surface area contributed by atoms with E-state index in [0.717, 1.165) is 0 Å². The van der Waals surface area contributed by atoms with Crippen molar-refractivity contribution in [2.75, 3.05) is 0 Å². The first-order chi connectivity index (χ1) is 12.1. The Morgan fingerprint density at radius 2 is 1.80 bits per heavy atom. The van der Waals surface area contributed by atoms with Crippen molar-refractivity contribution in [3.63, 3.8) is 0 Å². The van der Waals surface area contributed by atoms with Crippen LogP contribution in [-0.2, 0) is 6.54 Å². The Kier molecular flexibility index (Phi) is 4.99. The molecule has 126 valence electrons. The fourth-order valence-electron chi connectivity index (χ4n) is 2.17. The average molecular weight is 340 g/mol. The van der Waals surface area contributed by atoms with Gasteiger partial charge in [0.25, 0.3) is 5.91 Å². The number of nitrogens with one attached hydrogen (secondary N) is 1. The molecule has 0 fully saturated rings. The van der Waals surface area contributed by atoms with E-state index in [1.54, 1.807) is 24.4 Å². The van der Waals surface area contributed by atoms with Crippen molar-refractivity contribution in [2.45, 2.75) is 6.54 Å². The van der Waals surface area contributed by atoms with Crippen LogP contribution < -0.4 is 10.1 Å². The average Bonchev–Trinajstić information content (AvgIpc) is 2.61. The van der Waals surface area contributed by atoms with E-state index in [9.17, 15) is 13.6 Å². The zero-order valence-electron chi connectivity index (χ0n) is 13.1. The Morgan fingerprint density at radius 1 is 1.00 bits per heavy atom. The maximum absolute atomic E-state index is 13.3. The molecule has 3 rings (SSSR count). The first-order valence-corrected chi connectivity index (χ1v) is 7.53.